The summed E-state index contributed by atoms with van der Waals surface area (Å²) in [6, 6.07) is 13.9. The number of ether oxygens (including phenoxy) is 1. The summed E-state index contributed by atoms with van der Waals surface area (Å²) in [6.45, 7) is 7.48. The number of carbonyl (C=O) groups excluding carboxylic acids is 1. The van der Waals surface area contributed by atoms with Gasteiger partial charge in [-0.15, -0.1) is 0 Å². The molecule has 4 nitrogen and oxygen atoms in total. The average Bonchev–Trinajstić information content (AvgIpc) is 2.60. The minimum absolute atomic E-state index is 0.00984. The third-order valence-corrected chi connectivity index (χ3v) is 4.32. The molecule has 1 atom stereocenters. The molecule has 2 aromatic rings. The van der Waals surface area contributed by atoms with Crippen molar-refractivity contribution in [1.29, 1.82) is 0 Å². The molecule has 0 bridgehead atoms. The second-order valence-corrected chi connectivity index (χ2v) is 6.25. The predicted octanol–water partition coefficient (Wildman–Crippen LogP) is 2.54. The normalized spacial score (nSPS) is 17.1. The summed E-state index contributed by atoms with van der Waals surface area (Å²) < 4.78 is 5.37. The van der Waals surface area contributed by atoms with E-state index >= 15 is 0 Å². The molecule has 1 aliphatic rings. The quantitative estimate of drug-likeness (QED) is 0.922. The molecule has 1 heterocycles. The van der Waals surface area contributed by atoms with Gasteiger partial charge in [0.2, 0.25) is 0 Å². The Balaban J connectivity index is 1.58. The Hall–Kier alpha value is -1.91. The zero-order chi connectivity index (χ0) is 16.1. The number of fused-ring (bicyclic) bond motifs is 1. The van der Waals surface area contributed by atoms with E-state index in [1.54, 1.807) is 0 Å². The van der Waals surface area contributed by atoms with Crippen LogP contribution in [0.2, 0.25) is 0 Å². The van der Waals surface area contributed by atoms with Crippen LogP contribution >= 0.6 is 0 Å². The predicted molar refractivity (Wildman–Crippen MR) is 92.7 cm³/mol. The van der Waals surface area contributed by atoms with E-state index in [0.717, 1.165) is 49.2 Å². The molecule has 1 amide bonds. The van der Waals surface area contributed by atoms with Gasteiger partial charge in [0.1, 0.15) is 0 Å². The molecule has 1 aliphatic heterocycles. The lowest BCUT2D eigenvalue weighted by Crippen LogP contribution is -2.41. The average molecular weight is 312 g/mol. The van der Waals surface area contributed by atoms with Crippen LogP contribution in [0, 0.1) is 5.92 Å². The van der Waals surface area contributed by atoms with Crippen LogP contribution in [0.3, 0.4) is 0 Å². The topological polar surface area (TPSA) is 41.6 Å². The molecule has 0 spiro atoms. The van der Waals surface area contributed by atoms with Crippen LogP contribution in [0.4, 0.5) is 0 Å². The first kappa shape index (κ1) is 16.0. The molecule has 1 fully saturated rings. The van der Waals surface area contributed by atoms with Gasteiger partial charge in [0.15, 0.2) is 0 Å². The Kier molecular flexibility index (Phi) is 5.26. The fourth-order valence-electron chi connectivity index (χ4n) is 3.07. The highest BCUT2D eigenvalue weighted by atomic mass is 16.5. The summed E-state index contributed by atoms with van der Waals surface area (Å²) in [4.78, 5) is 14.9. The molecule has 3 rings (SSSR count). The van der Waals surface area contributed by atoms with Crippen molar-refractivity contribution in [2.24, 2.45) is 5.92 Å². The lowest BCUT2D eigenvalue weighted by Gasteiger charge is -2.29. The van der Waals surface area contributed by atoms with Crippen molar-refractivity contribution >= 4 is 16.7 Å². The minimum Gasteiger partial charge on any atom is -0.379 e. The van der Waals surface area contributed by atoms with Gasteiger partial charge in [-0.1, -0.05) is 43.3 Å². The van der Waals surface area contributed by atoms with E-state index in [1.165, 1.54) is 0 Å². The Morgan fingerprint density at radius 2 is 1.91 bits per heavy atom. The summed E-state index contributed by atoms with van der Waals surface area (Å²) in [5, 5.41) is 5.19. The molecular weight excluding hydrogens is 288 g/mol. The summed E-state index contributed by atoms with van der Waals surface area (Å²) in [6.07, 6.45) is 0. The van der Waals surface area contributed by atoms with E-state index in [-0.39, 0.29) is 5.91 Å². The van der Waals surface area contributed by atoms with Gasteiger partial charge in [-0.25, -0.2) is 0 Å². The van der Waals surface area contributed by atoms with Crippen molar-refractivity contribution in [3.63, 3.8) is 0 Å². The molecule has 0 radical (unpaired) electrons. The maximum atomic E-state index is 12.5. The molecule has 4 heteroatoms. The van der Waals surface area contributed by atoms with Crippen molar-refractivity contribution in [1.82, 2.24) is 10.2 Å². The molecule has 23 heavy (non-hydrogen) atoms. The van der Waals surface area contributed by atoms with Crippen molar-refractivity contribution in [3.8, 4) is 0 Å². The summed E-state index contributed by atoms with van der Waals surface area (Å²) in [5.41, 5.74) is 0.752. The molecule has 0 saturated carbocycles. The van der Waals surface area contributed by atoms with Gasteiger partial charge in [0, 0.05) is 31.7 Å². The first-order valence-corrected chi connectivity index (χ1v) is 8.30. The van der Waals surface area contributed by atoms with Crippen LogP contribution < -0.4 is 5.32 Å². The number of rotatable bonds is 5. The largest absolute Gasteiger partial charge is 0.379 e. The summed E-state index contributed by atoms with van der Waals surface area (Å²) in [5.74, 6) is 0.433. The lowest BCUT2D eigenvalue weighted by atomic mass is 10.0. The molecule has 2 aromatic carbocycles. The minimum atomic E-state index is 0.00984. The molecule has 122 valence electrons. The highest BCUT2D eigenvalue weighted by molar-refractivity contribution is 6.06. The Morgan fingerprint density at radius 1 is 1.17 bits per heavy atom. The maximum absolute atomic E-state index is 12.5. The van der Waals surface area contributed by atoms with Gasteiger partial charge in [-0.2, -0.15) is 0 Å². The summed E-state index contributed by atoms with van der Waals surface area (Å²) in [7, 11) is 0. The molecule has 1 unspecified atom stereocenters. The van der Waals surface area contributed by atoms with E-state index in [1.807, 2.05) is 42.5 Å². The number of nitrogens with one attached hydrogen (secondary N) is 1. The maximum Gasteiger partial charge on any atom is 0.251 e. The van der Waals surface area contributed by atoms with Crippen LogP contribution in [-0.2, 0) is 4.74 Å². The molecule has 1 saturated heterocycles. The van der Waals surface area contributed by atoms with E-state index in [9.17, 15) is 4.79 Å². The van der Waals surface area contributed by atoms with Gasteiger partial charge in [0.05, 0.1) is 13.2 Å². The molecular formula is C19H24N2O2. The van der Waals surface area contributed by atoms with E-state index < -0.39 is 0 Å². The van der Waals surface area contributed by atoms with Crippen LogP contribution in [0.1, 0.15) is 17.3 Å². The summed E-state index contributed by atoms with van der Waals surface area (Å²) >= 11 is 0. The van der Waals surface area contributed by atoms with Crippen LogP contribution in [0.25, 0.3) is 10.8 Å². The number of nitrogens with zero attached hydrogens (tertiary/aromatic N) is 1. The van der Waals surface area contributed by atoms with Crippen molar-refractivity contribution in [3.05, 3.63) is 48.0 Å². The van der Waals surface area contributed by atoms with Gasteiger partial charge < -0.3 is 10.1 Å². The Morgan fingerprint density at radius 3 is 2.74 bits per heavy atom. The van der Waals surface area contributed by atoms with Gasteiger partial charge >= 0.3 is 0 Å². The Labute approximate surface area is 137 Å². The fourth-order valence-corrected chi connectivity index (χ4v) is 3.07. The van der Waals surface area contributed by atoms with E-state index in [0.29, 0.717) is 12.5 Å². The molecule has 0 aromatic heterocycles. The van der Waals surface area contributed by atoms with Gasteiger partial charge in [-0.05, 0) is 22.8 Å². The Bertz CT molecular complexity index is 660. The third kappa shape index (κ3) is 4.09. The zero-order valence-corrected chi connectivity index (χ0v) is 13.6. The van der Waals surface area contributed by atoms with Crippen LogP contribution in [0.15, 0.2) is 42.5 Å². The first-order chi connectivity index (χ1) is 11.2. The molecule has 0 aliphatic carbocycles. The van der Waals surface area contributed by atoms with Gasteiger partial charge in [0.25, 0.3) is 5.91 Å². The highest BCUT2D eigenvalue weighted by Crippen LogP contribution is 2.18. The number of amides is 1. The monoisotopic (exact) mass is 312 g/mol. The van der Waals surface area contributed by atoms with Crippen molar-refractivity contribution in [2.75, 3.05) is 39.4 Å². The van der Waals surface area contributed by atoms with Gasteiger partial charge in [-0.3, -0.25) is 9.69 Å². The smallest absolute Gasteiger partial charge is 0.251 e. The zero-order valence-electron chi connectivity index (χ0n) is 13.6. The van der Waals surface area contributed by atoms with E-state index in [2.05, 4.69) is 17.1 Å². The second kappa shape index (κ2) is 7.57. The fraction of sp³-hybridized carbons (Fsp3) is 0.421. The van der Waals surface area contributed by atoms with Crippen LogP contribution in [-0.4, -0.2) is 50.2 Å². The van der Waals surface area contributed by atoms with E-state index in [4.69, 9.17) is 4.74 Å². The highest BCUT2D eigenvalue weighted by Gasteiger charge is 2.15. The number of benzene rings is 2. The van der Waals surface area contributed by atoms with Crippen molar-refractivity contribution < 1.29 is 9.53 Å². The lowest BCUT2D eigenvalue weighted by molar-refractivity contribution is 0.0317. The third-order valence-electron chi connectivity index (χ3n) is 4.32. The van der Waals surface area contributed by atoms with Crippen LogP contribution in [0.5, 0.6) is 0 Å². The second-order valence-electron chi connectivity index (χ2n) is 6.25. The number of hydrogen-bond acceptors (Lipinski definition) is 3. The molecule has 1 N–H and O–H groups in total. The first-order valence-electron chi connectivity index (χ1n) is 8.30. The number of carbonyl (C=O) groups is 1. The number of morpholine rings is 1. The SMILES string of the molecule is CC(CNC(=O)c1cccc2ccccc12)CN1CCOCC1. The number of hydrogen-bond donors (Lipinski definition) is 1. The standard InChI is InChI=1S/C19H24N2O2/c1-15(14-21-9-11-23-12-10-21)13-20-19(22)18-8-4-6-16-5-2-3-7-17(16)18/h2-8,15H,9-14H2,1H3,(H,20,22). The van der Waals surface area contributed by atoms with Crippen molar-refractivity contribution in [2.45, 2.75) is 6.92 Å².